The summed E-state index contributed by atoms with van der Waals surface area (Å²) in [5, 5.41) is 13.9. The molecule has 0 spiro atoms. The monoisotopic (exact) mass is 311 g/mol. The van der Waals surface area contributed by atoms with Gasteiger partial charge in [0.05, 0.1) is 19.2 Å². The molecule has 4 heteroatoms. The first-order valence-electron chi connectivity index (χ1n) is 7.86. The standard InChI is InChI=1S/C19H21NO3/c1-23-17-11-5-3-9-15(17)18(21)20-13-19(22)12-6-8-14-7-2-4-10-16(14)19/h2-5,7,9-11,22H,6,8,12-13H2,1H3,(H,20,21). The first-order valence-corrected chi connectivity index (χ1v) is 7.86. The van der Waals surface area contributed by atoms with Gasteiger partial charge in [-0.1, -0.05) is 36.4 Å². The average molecular weight is 311 g/mol. The van der Waals surface area contributed by atoms with E-state index in [2.05, 4.69) is 5.32 Å². The van der Waals surface area contributed by atoms with E-state index < -0.39 is 5.60 Å². The number of aliphatic hydroxyl groups is 1. The van der Waals surface area contributed by atoms with Gasteiger partial charge in [-0.25, -0.2) is 0 Å². The Morgan fingerprint density at radius 1 is 1.22 bits per heavy atom. The van der Waals surface area contributed by atoms with Crippen LogP contribution >= 0.6 is 0 Å². The first kappa shape index (κ1) is 15.6. The van der Waals surface area contributed by atoms with Crippen LogP contribution in [0.1, 0.15) is 34.3 Å². The first-order chi connectivity index (χ1) is 11.1. The van der Waals surface area contributed by atoms with E-state index in [-0.39, 0.29) is 12.5 Å². The van der Waals surface area contributed by atoms with E-state index in [9.17, 15) is 9.90 Å². The van der Waals surface area contributed by atoms with Crippen molar-refractivity contribution in [1.29, 1.82) is 0 Å². The summed E-state index contributed by atoms with van der Waals surface area (Å²) in [6.07, 6.45) is 2.53. The lowest BCUT2D eigenvalue weighted by atomic mass is 9.79. The van der Waals surface area contributed by atoms with Crippen molar-refractivity contribution in [2.75, 3.05) is 13.7 Å². The van der Waals surface area contributed by atoms with Crippen molar-refractivity contribution in [3.63, 3.8) is 0 Å². The molecule has 0 radical (unpaired) electrons. The molecule has 0 saturated heterocycles. The van der Waals surface area contributed by atoms with Crippen LogP contribution in [0.25, 0.3) is 0 Å². The van der Waals surface area contributed by atoms with Gasteiger partial charge in [0.15, 0.2) is 0 Å². The molecule has 0 saturated carbocycles. The molecule has 0 heterocycles. The number of ether oxygens (including phenoxy) is 1. The number of hydrogen-bond acceptors (Lipinski definition) is 3. The van der Waals surface area contributed by atoms with Gasteiger partial charge in [-0.2, -0.15) is 0 Å². The zero-order chi connectivity index (χ0) is 16.3. The molecule has 1 amide bonds. The van der Waals surface area contributed by atoms with Crippen LogP contribution in [0.2, 0.25) is 0 Å². The number of hydrogen-bond donors (Lipinski definition) is 2. The lowest BCUT2D eigenvalue weighted by Gasteiger charge is -2.34. The van der Waals surface area contributed by atoms with Crippen molar-refractivity contribution in [3.8, 4) is 5.75 Å². The van der Waals surface area contributed by atoms with Gasteiger partial charge >= 0.3 is 0 Å². The van der Waals surface area contributed by atoms with Gasteiger partial charge in [0.1, 0.15) is 11.4 Å². The molecule has 1 aliphatic rings. The predicted octanol–water partition coefficient (Wildman–Crippen LogP) is 2.65. The van der Waals surface area contributed by atoms with Gasteiger partial charge < -0.3 is 15.2 Å². The molecule has 1 aliphatic carbocycles. The third kappa shape index (κ3) is 3.08. The Labute approximate surface area is 136 Å². The van der Waals surface area contributed by atoms with Gasteiger partial charge in [-0.05, 0) is 42.5 Å². The maximum atomic E-state index is 12.4. The number of carbonyl (C=O) groups excluding carboxylic acids is 1. The summed E-state index contributed by atoms with van der Waals surface area (Å²) in [5.41, 5.74) is 1.55. The van der Waals surface area contributed by atoms with Crippen molar-refractivity contribution in [2.45, 2.75) is 24.9 Å². The molecule has 23 heavy (non-hydrogen) atoms. The molecule has 0 aromatic heterocycles. The molecule has 3 rings (SSSR count). The molecular weight excluding hydrogens is 290 g/mol. The number of aryl methyl sites for hydroxylation is 1. The Morgan fingerprint density at radius 3 is 2.78 bits per heavy atom. The quantitative estimate of drug-likeness (QED) is 0.912. The zero-order valence-corrected chi connectivity index (χ0v) is 13.2. The number of benzene rings is 2. The van der Waals surface area contributed by atoms with Crippen LogP contribution in [-0.2, 0) is 12.0 Å². The Morgan fingerprint density at radius 2 is 1.96 bits per heavy atom. The predicted molar refractivity (Wildman–Crippen MR) is 88.6 cm³/mol. The summed E-state index contributed by atoms with van der Waals surface area (Å²) < 4.78 is 5.22. The smallest absolute Gasteiger partial charge is 0.255 e. The number of methoxy groups -OCH3 is 1. The van der Waals surface area contributed by atoms with Crippen molar-refractivity contribution >= 4 is 5.91 Å². The zero-order valence-electron chi connectivity index (χ0n) is 13.2. The number of nitrogens with one attached hydrogen (secondary N) is 1. The largest absolute Gasteiger partial charge is 0.496 e. The van der Waals surface area contributed by atoms with Gasteiger partial charge in [-0.3, -0.25) is 4.79 Å². The molecular formula is C19H21NO3. The molecule has 2 aromatic carbocycles. The maximum Gasteiger partial charge on any atom is 0.255 e. The maximum absolute atomic E-state index is 12.4. The van der Waals surface area contributed by atoms with Gasteiger partial charge in [0, 0.05) is 0 Å². The van der Waals surface area contributed by atoms with Crippen molar-refractivity contribution < 1.29 is 14.6 Å². The highest BCUT2D eigenvalue weighted by atomic mass is 16.5. The number of rotatable bonds is 4. The molecule has 1 unspecified atom stereocenters. The number of para-hydroxylation sites is 1. The van der Waals surface area contributed by atoms with Crippen LogP contribution in [0.5, 0.6) is 5.75 Å². The molecule has 0 aliphatic heterocycles. The Bertz CT molecular complexity index is 713. The molecule has 1 atom stereocenters. The second kappa shape index (κ2) is 6.42. The third-order valence-corrected chi connectivity index (χ3v) is 4.45. The van der Waals surface area contributed by atoms with Gasteiger partial charge in [0.25, 0.3) is 5.91 Å². The van der Waals surface area contributed by atoms with E-state index in [1.54, 1.807) is 18.2 Å². The fourth-order valence-corrected chi connectivity index (χ4v) is 3.24. The van der Waals surface area contributed by atoms with Gasteiger partial charge in [-0.15, -0.1) is 0 Å². The van der Waals surface area contributed by atoms with Crippen molar-refractivity contribution in [1.82, 2.24) is 5.32 Å². The van der Waals surface area contributed by atoms with Crippen LogP contribution in [0.3, 0.4) is 0 Å². The number of amides is 1. The van der Waals surface area contributed by atoms with E-state index in [0.29, 0.717) is 17.7 Å². The molecule has 2 N–H and O–H groups in total. The molecule has 0 fully saturated rings. The van der Waals surface area contributed by atoms with E-state index >= 15 is 0 Å². The lowest BCUT2D eigenvalue weighted by Crippen LogP contribution is -2.43. The topological polar surface area (TPSA) is 58.6 Å². The van der Waals surface area contributed by atoms with Crippen LogP contribution in [-0.4, -0.2) is 24.7 Å². The fraction of sp³-hybridized carbons (Fsp3) is 0.316. The lowest BCUT2D eigenvalue weighted by molar-refractivity contribution is 0.0189. The summed E-state index contributed by atoms with van der Waals surface area (Å²) >= 11 is 0. The normalized spacial score (nSPS) is 19.7. The fourth-order valence-electron chi connectivity index (χ4n) is 3.24. The highest BCUT2D eigenvalue weighted by molar-refractivity contribution is 5.96. The molecule has 0 bridgehead atoms. The van der Waals surface area contributed by atoms with E-state index in [1.807, 2.05) is 30.3 Å². The minimum absolute atomic E-state index is 0.195. The summed E-state index contributed by atoms with van der Waals surface area (Å²) in [7, 11) is 1.54. The second-order valence-electron chi connectivity index (χ2n) is 5.93. The SMILES string of the molecule is COc1ccccc1C(=O)NCC1(O)CCCc2ccccc21. The van der Waals surface area contributed by atoms with Gasteiger partial charge in [0.2, 0.25) is 0 Å². The highest BCUT2D eigenvalue weighted by Gasteiger charge is 2.34. The van der Waals surface area contributed by atoms with E-state index in [4.69, 9.17) is 4.74 Å². The van der Waals surface area contributed by atoms with Crippen molar-refractivity contribution in [3.05, 3.63) is 65.2 Å². The van der Waals surface area contributed by atoms with Crippen LogP contribution in [0.4, 0.5) is 0 Å². The van der Waals surface area contributed by atoms with Crippen LogP contribution in [0, 0.1) is 0 Å². The van der Waals surface area contributed by atoms with E-state index in [1.165, 1.54) is 7.11 Å². The average Bonchev–Trinajstić information content (AvgIpc) is 2.60. The minimum Gasteiger partial charge on any atom is -0.496 e. The Hall–Kier alpha value is -2.33. The molecule has 120 valence electrons. The highest BCUT2D eigenvalue weighted by Crippen LogP contribution is 2.34. The Balaban J connectivity index is 1.77. The number of fused-ring (bicyclic) bond motifs is 1. The molecule has 2 aromatic rings. The summed E-state index contributed by atoms with van der Waals surface area (Å²) in [6.45, 7) is 0.195. The van der Waals surface area contributed by atoms with Crippen LogP contribution < -0.4 is 10.1 Å². The second-order valence-corrected chi connectivity index (χ2v) is 5.93. The minimum atomic E-state index is -1.01. The summed E-state index contributed by atoms with van der Waals surface area (Å²) in [4.78, 5) is 12.4. The Kier molecular flexibility index (Phi) is 4.35. The third-order valence-electron chi connectivity index (χ3n) is 4.45. The van der Waals surface area contributed by atoms with E-state index in [0.717, 1.165) is 24.0 Å². The van der Waals surface area contributed by atoms with Crippen LogP contribution in [0.15, 0.2) is 48.5 Å². The number of carbonyl (C=O) groups is 1. The molecule has 4 nitrogen and oxygen atoms in total. The summed E-state index contributed by atoms with van der Waals surface area (Å²) in [5.74, 6) is 0.292. The van der Waals surface area contributed by atoms with Crippen molar-refractivity contribution in [2.24, 2.45) is 0 Å². The summed E-state index contributed by atoms with van der Waals surface area (Å²) in [6, 6.07) is 15.0.